The number of hydrogen-bond acceptors (Lipinski definition) is 5. The molecule has 6 rings (SSSR count). The van der Waals surface area contributed by atoms with Gasteiger partial charge in [-0.05, 0) is 71.7 Å². The van der Waals surface area contributed by atoms with Crippen molar-refractivity contribution >= 4 is 45.3 Å². The first kappa shape index (κ1) is 29.7. The van der Waals surface area contributed by atoms with Gasteiger partial charge in [-0.3, -0.25) is 20.0 Å². The van der Waals surface area contributed by atoms with Gasteiger partial charge in [0.25, 0.3) is 5.56 Å². The number of likely N-dealkylation sites (tertiary alicyclic amines) is 1. The Morgan fingerprint density at radius 2 is 1.95 bits per heavy atom. The largest absolute Gasteiger partial charge is 0.342 e. The maximum absolute atomic E-state index is 14.1. The smallest absolute Gasteiger partial charge is 0.251 e. The molecule has 0 saturated carbocycles. The number of aromatic amines is 2. The van der Waals surface area contributed by atoms with Crippen LogP contribution >= 0.6 is 11.6 Å². The van der Waals surface area contributed by atoms with Crippen LogP contribution in [0, 0.1) is 16.9 Å². The number of fused-ring (bicyclic) bond motifs is 4. The monoisotopic (exact) mass is 612 g/mol. The van der Waals surface area contributed by atoms with Gasteiger partial charge >= 0.3 is 0 Å². The molecule has 228 valence electrons. The highest BCUT2D eigenvalue weighted by molar-refractivity contribution is 6.35. The van der Waals surface area contributed by atoms with Crippen LogP contribution in [0.4, 0.5) is 0 Å². The molecule has 4 aromatic rings. The summed E-state index contributed by atoms with van der Waals surface area (Å²) < 4.78 is 0. The molecule has 1 amide bonds. The van der Waals surface area contributed by atoms with Gasteiger partial charge < -0.3 is 14.8 Å². The number of pyridine rings is 1. The molecule has 0 aliphatic carbocycles. The van der Waals surface area contributed by atoms with Crippen LogP contribution in [-0.2, 0) is 17.8 Å². The summed E-state index contributed by atoms with van der Waals surface area (Å²) in [6.45, 7) is 8.52. The molecule has 44 heavy (non-hydrogen) atoms. The van der Waals surface area contributed by atoms with Crippen LogP contribution < -0.4 is 10.9 Å². The third kappa shape index (κ3) is 6.02. The molecule has 11 heteroatoms. The van der Waals surface area contributed by atoms with Crippen molar-refractivity contribution in [3.8, 4) is 6.19 Å². The molecule has 2 aromatic heterocycles. The Labute approximate surface area is 261 Å². The molecule has 0 radical (unpaired) electrons. The van der Waals surface area contributed by atoms with Gasteiger partial charge in [0.1, 0.15) is 6.04 Å². The molecular weight excluding hydrogens is 576 g/mol. The SMILES string of the molecule is CC(C)(C)CN1Cc2c(cc(Cl)c3[nH]ncc23)CC[C@@H](N=C(NC#N)N2CCC(c3cc4ccccc4[nH]c3=O)CC2)C1=O. The molecule has 10 nitrogen and oxygen atoms in total. The average molecular weight is 613 g/mol. The molecule has 2 aliphatic heterocycles. The van der Waals surface area contributed by atoms with Gasteiger partial charge in [-0.1, -0.05) is 50.6 Å². The average Bonchev–Trinajstić information content (AvgIpc) is 3.49. The van der Waals surface area contributed by atoms with E-state index in [2.05, 4.69) is 41.3 Å². The summed E-state index contributed by atoms with van der Waals surface area (Å²) in [5.41, 5.74) is 4.33. The Hall–Kier alpha value is -4.36. The first-order valence-corrected chi connectivity index (χ1v) is 15.5. The fourth-order valence-corrected chi connectivity index (χ4v) is 6.85. The topological polar surface area (TPSA) is 133 Å². The highest BCUT2D eigenvalue weighted by atomic mass is 35.5. The molecule has 0 bridgehead atoms. The lowest BCUT2D eigenvalue weighted by molar-refractivity contribution is -0.134. The summed E-state index contributed by atoms with van der Waals surface area (Å²) in [7, 11) is 0. The number of amides is 1. The fraction of sp³-hybridized carbons (Fsp3) is 0.424. The summed E-state index contributed by atoms with van der Waals surface area (Å²) in [4.78, 5) is 38.9. The maximum Gasteiger partial charge on any atom is 0.251 e. The van der Waals surface area contributed by atoms with Crippen molar-refractivity contribution in [2.75, 3.05) is 19.6 Å². The first-order chi connectivity index (χ1) is 21.1. The van der Waals surface area contributed by atoms with Gasteiger partial charge in [-0.15, -0.1) is 0 Å². The van der Waals surface area contributed by atoms with E-state index in [1.165, 1.54) is 0 Å². The number of benzene rings is 2. The number of para-hydroxylation sites is 1. The lowest BCUT2D eigenvalue weighted by atomic mass is 9.89. The number of hydrogen-bond donors (Lipinski definition) is 3. The Morgan fingerprint density at radius 3 is 2.70 bits per heavy atom. The van der Waals surface area contributed by atoms with Gasteiger partial charge in [0.15, 0.2) is 6.19 Å². The first-order valence-electron chi connectivity index (χ1n) is 15.1. The van der Waals surface area contributed by atoms with Crippen molar-refractivity contribution in [3.05, 3.63) is 74.7 Å². The number of H-pyrrole nitrogens is 2. The minimum Gasteiger partial charge on any atom is -0.342 e. The Morgan fingerprint density at radius 1 is 1.18 bits per heavy atom. The molecule has 2 aliphatic rings. The molecule has 4 heterocycles. The number of piperidine rings is 1. The van der Waals surface area contributed by atoms with E-state index >= 15 is 0 Å². The Kier molecular flexibility index (Phi) is 8.08. The number of guanidine groups is 1. The summed E-state index contributed by atoms with van der Waals surface area (Å²) in [5.74, 6) is 0.429. The lowest BCUT2D eigenvalue weighted by Crippen LogP contribution is -2.48. The van der Waals surface area contributed by atoms with E-state index in [0.29, 0.717) is 50.0 Å². The summed E-state index contributed by atoms with van der Waals surface area (Å²) in [6.07, 6.45) is 6.37. The number of carbonyl (C=O) groups excluding carboxylic acids is 1. The number of aliphatic imine (C=N–C) groups is 1. The third-order valence-electron chi connectivity index (χ3n) is 8.65. The van der Waals surface area contributed by atoms with Crippen molar-refractivity contribution in [1.82, 2.24) is 30.3 Å². The van der Waals surface area contributed by atoms with E-state index in [4.69, 9.17) is 16.6 Å². The third-order valence-corrected chi connectivity index (χ3v) is 8.95. The highest BCUT2D eigenvalue weighted by Gasteiger charge is 2.33. The minimum atomic E-state index is -0.666. The van der Waals surface area contributed by atoms with Crippen molar-refractivity contribution in [2.24, 2.45) is 10.4 Å². The quantitative estimate of drug-likeness (QED) is 0.128. The van der Waals surface area contributed by atoms with Crippen LogP contribution in [0.3, 0.4) is 0 Å². The standard InChI is InChI=1S/C33H37ClN8O2/c1-33(2,3)18-42-17-25-21(15-26(34)29-24(25)16-37-40-29)8-9-28(31(42)44)39-32(36-19-35)41-12-10-20(11-13-41)23-14-22-6-4-5-7-27(22)38-30(23)43/h4-7,14-16,20,28H,8-13,17-18H2,1-3H3,(H,36,39)(H,37,40)(H,38,43)/t28-/m1/s1. The van der Waals surface area contributed by atoms with Crippen LogP contribution in [0.5, 0.6) is 0 Å². The molecular formula is C33H37ClN8O2. The Balaban J connectivity index is 1.27. The molecule has 3 N–H and O–H groups in total. The number of rotatable bonds is 3. The van der Waals surface area contributed by atoms with Crippen molar-refractivity contribution in [3.63, 3.8) is 0 Å². The number of nitrogens with one attached hydrogen (secondary N) is 3. The molecule has 2 aromatic carbocycles. The highest BCUT2D eigenvalue weighted by Crippen LogP contribution is 2.33. The Bertz CT molecular complexity index is 1840. The zero-order valence-electron chi connectivity index (χ0n) is 25.3. The van der Waals surface area contributed by atoms with Gasteiger partial charge in [0, 0.05) is 42.6 Å². The minimum absolute atomic E-state index is 0.0571. The lowest BCUT2D eigenvalue weighted by Gasteiger charge is -2.36. The number of nitrogens with zero attached hydrogens (tertiary/aromatic N) is 5. The van der Waals surface area contributed by atoms with E-state index in [9.17, 15) is 14.9 Å². The second-order valence-electron chi connectivity index (χ2n) is 13.1. The zero-order valence-corrected chi connectivity index (χ0v) is 26.0. The van der Waals surface area contributed by atoms with Crippen molar-refractivity contribution in [2.45, 2.75) is 65.0 Å². The molecule has 1 atom stereocenters. The van der Waals surface area contributed by atoms with Crippen LogP contribution in [0.2, 0.25) is 5.02 Å². The van der Waals surface area contributed by atoms with E-state index in [1.807, 2.05) is 52.4 Å². The number of halogens is 1. The fourth-order valence-electron chi connectivity index (χ4n) is 6.57. The summed E-state index contributed by atoms with van der Waals surface area (Å²) >= 11 is 6.61. The van der Waals surface area contributed by atoms with E-state index in [1.54, 1.807) is 6.20 Å². The number of nitriles is 1. The molecule has 0 unspecified atom stereocenters. The number of carbonyl (C=O) groups is 1. The number of aromatic nitrogens is 3. The zero-order chi connectivity index (χ0) is 31.0. The normalized spacial score (nSPS) is 18.7. The van der Waals surface area contributed by atoms with Gasteiger partial charge in [-0.2, -0.15) is 10.4 Å². The van der Waals surface area contributed by atoms with Gasteiger partial charge in [0.2, 0.25) is 11.9 Å². The molecule has 1 saturated heterocycles. The summed E-state index contributed by atoms with van der Waals surface area (Å²) in [6, 6.07) is 11.1. The van der Waals surface area contributed by atoms with Crippen molar-refractivity contribution in [1.29, 1.82) is 5.26 Å². The predicted molar refractivity (Wildman–Crippen MR) is 172 cm³/mol. The van der Waals surface area contributed by atoms with Gasteiger partial charge in [-0.25, -0.2) is 4.99 Å². The van der Waals surface area contributed by atoms with Gasteiger partial charge in [0.05, 0.1) is 16.7 Å². The number of aryl methyl sites for hydroxylation is 1. The van der Waals surface area contributed by atoms with E-state index in [-0.39, 0.29) is 22.8 Å². The van der Waals surface area contributed by atoms with Crippen LogP contribution in [0.25, 0.3) is 21.8 Å². The molecule has 0 spiro atoms. The second kappa shape index (κ2) is 12.0. The predicted octanol–water partition coefficient (Wildman–Crippen LogP) is 5.05. The van der Waals surface area contributed by atoms with E-state index in [0.717, 1.165) is 51.3 Å². The maximum atomic E-state index is 14.1. The molecule has 1 fully saturated rings. The summed E-state index contributed by atoms with van der Waals surface area (Å²) in [5, 5.41) is 22.2. The second-order valence-corrected chi connectivity index (χ2v) is 13.5. The van der Waals surface area contributed by atoms with Crippen LogP contribution in [0.15, 0.2) is 52.4 Å². The van der Waals surface area contributed by atoms with E-state index < -0.39 is 6.04 Å². The van der Waals surface area contributed by atoms with Crippen LogP contribution in [0.1, 0.15) is 62.6 Å². The van der Waals surface area contributed by atoms with Crippen LogP contribution in [-0.4, -0.2) is 62.5 Å². The van der Waals surface area contributed by atoms with Crippen molar-refractivity contribution < 1.29 is 4.79 Å².